The lowest BCUT2D eigenvalue weighted by Gasteiger charge is -2.32. The van der Waals surface area contributed by atoms with Crippen LogP contribution in [-0.4, -0.2) is 44.3 Å². The first-order valence-electron chi connectivity index (χ1n) is 12.3. The number of benzene rings is 3. The largest absolute Gasteiger partial charge is 0.354 e. The van der Waals surface area contributed by atoms with Crippen molar-refractivity contribution in [2.24, 2.45) is 0 Å². The number of sulfonamides is 1. The molecule has 1 N–H and O–H groups in total. The SMILES string of the molecule is CCCCNC(=O)[C@H](C)N(Cc1ccc(Br)cc1)C(=O)CN(c1ccccc1Cl)S(=O)(=O)c1ccccc1. The number of hydrogen-bond donors (Lipinski definition) is 1. The number of carbonyl (C=O) groups excluding carboxylic acids is 2. The van der Waals surface area contributed by atoms with Crippen LogP contribution in [0.15, 0.2) is 88.2 Å². The van der Waals surface area contributed by atoms with Crippen molar-refractivity contribution < 1.29 is 18.0 Å². The molecular weight excluding hydrogens is 590 g/mol. The Bertz CT molecular complexity index is 1340. The molecule has 0 bridgehead atoms. The second-order valence-electron chi connectivity index (χ2n) is 8.74. The van der Waals surface area contributed by atoms with Crippen LogP contribution in [0.5, 0.6) is 0 Å². The minimum atomic E-state index is -4.15. The average molecular weight is 621 g/mol. The Hall–Kier alpha value is -2.88. The normalized spacial score (nSPS) is 12.0. The van der Waals surface area contributed by atoms with E-state index in [2.05, 4.69) is 21.2 Å². The van der Waals surface area contributed by atoms with Gasteiger partial charge < -0.3 is 10.2 Å². The Kier molecular flexibility index (Phi) is 10.8. The number of para-hydroxylation sites is 1. The highest BCUT2D eigenvalue weighted by Gasteiger charge is 2.33. The first-order valence-corrected chi connectivity index (χ1v) is 14.9. The summed E-state index contributed by atoms with van der Waals surface area (Å²) in [6, 6.07) is 20.9. The van der Waals surface area contributed by atoms with Crippen molar-refractivity contribution in [1.29, 1.82) is 0 Å². The summed E-state index contributed by atoms with van der Waals surface area (Å²) >= 11 is 9.81. The summed E-state index contributed by atoms with van der Waals surface area (Å²) in [6.07, 6.45) is 1.73. The second-order valence-corrected chi connectivity index (χ2v) is 11.9. The molecule has 3 rings (SSSR count). The number of nitrogens with zero attached hydrogens (tertiary/aromatic N) is 2. The van der Waals surface area contributed by atoms with Gasteiger partial charge in [-0.15, -0.1) is 0 Å². The third-order valence-corrected chi connectivity index (χ3v) is 8.62. The van der Waals surface area contributed by atoms with Gasteiger partial charge in [0.1, 0.15) is 12.6 Å². The molecule has 0 fully saturated rings. The van der Waals surface area contributed by atoms with Crippen LogP contribution >= 0.6 is 27.5 Å². The van der Waals surface area contributed by atoms with Crippen molar-refractivity contribution >= 4 is 55.1 Å². The van der Waals surface area contributed by atoms with Gasteiger partial charge in [-0.1, -0.05) is 83.3 Å². The summed E-state index contributed by atoms with van der Waals surface area (Å²) in [7, 11) is -4.15. The number of amides is 2. The fourth-order valence-corrected chi connectivity index (χ4v) is 5.80. The van der Waals surface area contributed by atoms with E-state index in [0.29, 0.717) is 6.54 Å². The molecule has 0 unspecified atom stereocenters. The first kappa shape index (κ1) is 29.7. The van der Waals surface area contributed by atoms with Gasteiger partial charge in [0.05, 0.1) is 15.6 Å². The molecule has 0 heterocycles. The highest BCUT2D eigenvalue weighted by molar-refractivity contribution is 9.10. The molecule has 202 valence electrons. The van der Waals surface area contributed by atoms with Gasteiger partial charge in [-0.2, -0.15) is 0 Å². The third-order valence-electron chi connectivity index (χ3n) is 5.99. The molecule has 0 aliphatic heterocycles. The lowest BCUT2D eigenvalue weighted by Crippen LogP contribution is -2.51. The quantitative estimate of drug-likeness (QED) is 0.266. The molecule has 0 saturated heterocycles. The smallest absolute Gasteiger partial charge is 0.264 e. The Morgan fingerprint density at radius 2 is 1.61 bits per heavy atom. The van der Waals surface area contributed by atoms with Crippen LogP contribution in [0.3, 0.4) is 0 Å². The lowest BCUT2D eigenvalue weighted by molar-refractivity contribution is -0.139. The summed E-state index contributed by atoms with van der Waals surface area (Å²) < 4.78 is 29.3. The van der Waals surface area contributed by atoms with Crippen LogP contribution in [0, 0.1) is 0 Å². The van der Waals surface area contributed by atoms with Gasteiger partial charge in [0, 0.05) is 17.6 Å². The van der Waals surface area contributed by atoms with Gasteiger partial charge in [-0.3, -0.25) is 13.9 Å². The van der Waals surface area contributed by atoms with Crippen molar-refractivity contribution in [1.82, 2.24) is 10.2 Å². The third kappa shape index (κ3) is 7.58. The fraction of sp³-hybridized carbons (Fsp3) is 0.286. The average Bonchev–Trinajstić information content (AvgIpc) is 2.92. The molecule has 0 saturated carbocycles. The fourth-order valence-electron chi connectivity index (χ4n) is 3.79. The van der Waals surface area contributed by atoms with Crippen molar-refractivity contribution in [3.8, 4) is 0 Å². The van der Waals surface area contributed by atoms with Gasteiger partial charge in [-0.05, 0) is 55.3 Å². The molecule has 38 heavy (non-hydrogen) atoms. The number of nitrogens with one attached hydrogen (secondary N) is 1. The van der Waals surface area contributed by atoms with Gasteiger partial charge in [-0.25, -0.2) is 8.42 Å². The van der Waals surface area contributed by atoms with Crippen LogP contribution in [0.2, 0.25) is 5.02 Å². The Morgan fingerprint density at radius 3 is 2.24 bits per heavy atom. The molecule has 1 atom stereocenters. The Balaban J connectivity index is 1.99. The van der Waals surface area contributed by atoms with Gasteiger partial charge in [0.25, 0.3) is 10.0 Å². The van der Waals surface area contributed by atoms with Gasteiger partial charge >= 0.3 is 0 Å². The predicted octanol–water partition coefficient (Wildman–Crippen LogP) is 5.63. The molecule has 0 aliphatic carbocycles. The maximum absolute atomic E-state index is 13.9. The summed E-state index contributed by atoms with van der Waals surface area (Å²) in [5, 5.41) is 3.06. The number of hydrogen-bond acceptors (Lipinski definition) is 4. The number of unbranched alkanes of at least 4 members (excludes halogenated alkanes) is 1. The molecule has 2 amide bonds. The molecular formula is C28H31BrClN3O4S. The van der Waals surface area contributed by atoms with E-state index < -0.39 is 28.5 Å². The molecule has 0 radical (unpaired) electrons. The van der Waals surface area contributed by atoms with Gasteiger partial charge in [0.15, 0.2) is 0 Å². The second kappa shape index (κ2) is 13.8. The number of rotatable bonds is 12. The molecule has 3 aromatic carbocycles. The topological polar surface area (TPSA) is 86.8 Å². The zero-order valence-corrected chi connectivity index (χ0v) is 24.5. The molecule has 3 aromatic rings. The molecule has 0 aliphatic rings. The van der Waals surface area contributed by atoms with Crippen LogP contribution in [0.4, 0.5) is 5.69 Å². The molecule has 0 aromatic heterocycles. The minimum Gasteiger partial charge on any atom is -0.354 e. The van der Waals surface area contributed by atoms with Crippen molar-refractivity contribution in [3.05, 3.63) is 93.9 Å². The molecule has 0 spiro atoms. The summed E-state index contributed by atoms with van der Waals surface area (Å²) in [6.45, 7) is 3.74. The van der Waals surface area contributed by atoms with E-state index in [1.807, 2.05) is 31.2 Å². The van der Waals surface area contributed by atoms with Crippen LogP contribution in [0.1, 0.15) is 32.3 Å². The van der Waals surface area contributed by atoms with E-state index in [0.717, 1.165) is 27.2 Å². The van der Waals surface area contributed by atoms with E-state index in [-0.39, 0.29) is 28.1 Å². The molecule has 7 nitrogen and oxygen atoms in total. The van der Waals surface area contributed by atoms with E-state index >= 15 is 0 Å². The van der Waals surface area contributed by atoms with E-state index in [9.17, 15) is 18.0 Å². The van der Waals surface area contributed by atoms with E-state index in [4.69, 9.17) is 11.6 Å². The number of anilines is 1. The maximum atomic E-state index is 13.9. The van der Waals surface area contributed by atoms with Crippen LogP contribution in [0.25, 0.3) is 0 Å². The predicted molar refractivity (Wildman–Crippen MR) is 154 cm³/mol. The monoisotopic (exact) mass is 619 g/mol. The summed E-state index contributed by atoms with van der Waals surface area (Å²) in [5.74, 6) is -0.843. The number of carbonyl (C=O) groups is 2. The zero-order chi connectivity index (χ0) is 27.7. The lowest BCUT2D eigenvalue weighted by atomic mass is 10.1. The van der Waals surface area contributed by atoms with Crippen LogP contribution in [-0.2, 0) is 26.2 Å². The van der Waals surface area contributed by atoms with Crippen LogP contribution < -0.4 is 9.62 Å². The summed E-state index contributed by atoms with van der Waals surface area (Å²) in [5.41, 5.74) is 0.972. The first-order chi connectivity index (χ1) is 18.1. The summed E-state index contributed by atoms with van der Waals surface area (Å²) in [4.78, 5) is 28.2. The van der Waals surface area contributed by atoms with Crippen molar-refractivity contribution in [3.63, 3.8) is 0 Å². The molecule has 10 heteroatoms. The van der Waals surface area contributed by atoms with Gasteiger partial charge in [0.2, 0.25) is 11.8 Å². The zero-order valence-electron chi connectivity index (χ0n) is 21.3. The Labute approximate surface area is 238 Å². The standard InChI is InChI=1S/C28H31BrClN3O4S/c1-3-4-18-31-28(35)21(2)32(19-22-14-16-23(29)17-15-22)27(34)20-33(26-13-9-8-12-25(26)30)38(36,37)24-10-6-5-7-11-24/h5-17,21H,3-4,18-20H2,1-2H3,(H,31,35)/t21-/m0/s1. The van der Waals surface area contributed by atoms with Crippen molar-refractivity contribution in [2.45, 2.75) is 44.2 Å². The highest BCUT2D eigenvalue weighted by Crippen LogP contribution is 2.30. The van der Waals surface area contributed by atoms with E-state index in [1.54, 1.807) is 49.4 Å². The maximum Gasteiger partial charge on any atom is 0.264 e. The highest BCUT2D eigenvalue weighted by atomic mass is 79.9. The van der Waals surface area contributed by atoms with Crippen molar-refractivity contribution in [2.75, 3.05) is 17.4 Å². The number of halogens is 2. The van der Waals surface area contributed by atoms with E-state index in [1.165, 1.54) is 17.0 Å². The minimum absolute atomic E-state index is 0.0255. The Morgan fingerprint density at radius 1 is 0.974 bits per heavy atom.